The predicted octanol–water partition coefficient (Wildman–Crippen LogP) is 13.7. The minimum Gasteiger partial charge on any atom is -0.307 e. The smallest absolute Gasteiger partial charge is 0.113 e. The molecular weight excluding hydrogens is 667 g/mol. The minimum atomic E-state index is 0.848. The summed E-state index contributed by atoms with van der Waals surface area (Å²) in [5.41, 5.74) is 13.5. The standard InChI is InChI=1S/C52H33N3/c1-3-12-34(13-4-1)36-22-26-40(27-23-36)50-51(41-28-24-37(25-29-41)35-14-5-2-6-15-35)54-52-44(53-50)20-11-21-47(52)55-45-32-30-38-16-7-9-18-42(38)48(45)49-43-19-10-8-17-39(43)31-33-46(49)55/h1-33H. The number of fused-ring (bicyclic) bond motifs is 8. The van der Waals surface area contributed by atoms with Crippen LogP contribution in [0.2, 0.25) is 0 Å². The molecule has 55 heavy (non-hydrogen) atoms. The zero-order valence-corrected chi connectivity index (χ0v) is 29.9. The van der Waals surface area contributed by atoms with Crippen LogP contribution in [0.25, 0.3) is 105 Å². The molecule has 3 heteroatoms. The number of rotatable bonds is 5. The van der Waals surface area contributed by atoms with Gasteiger partial charge in [-0.3, -0.25) is 0 Å². The number of hydrogen-bond acceptors (Lipinski definition) is 2. The van der Waals surface area contributed by atoms with E-state index < -0.39 is 0 Å². The van der Waals surface area contributed by atoms with Gasteiger partial charge in [0.1, 0.15) is 5.52 Å². The van der Waals surface area contributed by atoms with Crippen LogP contribution in [0.5, 0.6) is 0 Å². The second-order valence-electron chi connectivity index (χ2n) is 14.1. The molecule has 0 N–H and O–H groups in total. The average Bonchev–Trinajstić information content (AvgIpc) is 3.62. The Kier molecular flexibility index (Phi) is 7.17. The molecule has 11 rings (SSSR count). The normalized spacial score (nSPS) is 11.6. The Morgan fingerprint density at radius 2 is 0.745 bits per heavy atom. The molecule has 3 nitrogen and oxygen atoms in total. The van der Waals surface area contributed by atoms with E-state index >= 15 is 0 Å². The lowest BCUT2D eigenvalue weighted by atomic mass is 9.98. The summed E-state index contributed by atoms with van der Waals surface area (Å²) in [6, 6.07) is 71.3. The molecule has 0 unspecified atom stereocenters. The van der Waals surface area contributed by atoms with Crippen molar-refractivity contribution in [1.29, 1.82) is 0 Å². The first-order valence-electron chi connectivity index (χ1n) is 18.7. The molecule has 0 amide bonds. The van der Waals surface area contributed by atoms with E-state index in [1.54, 1.807) is 0 Å². The highest BCUT2D eigenvalue weighted by molar-refractivity contribution is 6.28. The fraction of sp³-hybridized carbons (Fsp3) is 0. The molecule has 0 aliphatic carbocycles. The second-order valence-corrected chi connectivity index (χ2v) is 14.1. The molecule has 0 fully saturated rings. The quantitative estimate of drug-likeness (QED) is 0.179. The van der Waals surface area contributed by atoms with Crippen LogP contribution in [-0.4, -0.2) is 14.5 Å². The molecule has 0 aliphatic rings. The van der Waals surface area contributed by atoms with Crippen molar-refractivity contribution in [3.63, 3.8) is 0 Å². The first-order valence-corrected chi connectivity index (χ1v) is 18.7. The molecule has 0 radical (unpaired) electrons. The van der Waals surface area contributed by atoms with Crippen molar-refractivity contribution in [3.05, 3.63) is 200 Å². The third-order valence-electron chi connectivity index (χ3n) is 11.0. The van der Waals surface area contributed by atoms with Gasteiger partial charge in [-0.1, -0.05) is 176 Å². The summed E-state index contributed by atoms with van der Waals surface area (Å²) < 4.78 is 2.40. The third kappa shape index (κ3) is 5.13. The Balaban J connectivity index is 1.18. The van der Waals surface area contributed by atoms with Crippen LogP contribution < -0.4 is 0 Å². The van der Waals surface area contributed by atoms with Gasteiger partial charge in [-0.05, 0) is 68.1 Å². The Morgan fingerprint density at radius 1 is 0.309 bits per heavy atom. The molecule has 2 aromatic heterocycles. The van der Waals surface area contributed by atoms with Crippen molar-refractivity contribution >= 4 is 54.4 Å². The number of hydrogen-bond donors (Lipinski definition) is 0. The third-order valence-corrected chi connectivity index (χ3v) is 11.0. The molecule has 0 saturated heterocycles. The van der Waals surface area contributed by atoms with Gasteiger partial charge in [-0.2, -0.15) is 0 Å². The second kappa shape index (κ2) is 12.6. The molecule has 0 saturated carbocycles. The van der Waals surface area contributed by atoms with Crippen molar-refractivity contribution in [2.75, 3.05) is 0 Å². The lowest BCUT2D eigenvalue weighted by Crippen LogP contribution is -2.01. The van der Waals surface area contributed by atoms with Gasteiger partial charge >= 0.3 is 0 Å². The van der Waals surface area contributed by atoms with Gasteiger partial charge in [0.25, 0.3) is 0 Å². The van der Waals surface area contributed by atoms with Gasteiger partial charge in [-0.25, -0.2) is 9.97 Å². The maximum absolute atomic E-state index is 5.62. The van der Waals surface area contributed by atoms with Gasteiger partial charge in [-0.15, -0.1) is 0 Å². The van der Waals surface area contributed by atoms with Crippen LogP contribution in [0.3, 0.4) is 0 Å². The van der Waals surface area contributed by atoms with Gasteiger partial charge in [0.15, 0.2) is 0 Å². The highest BCUT2D eigenvalue weighted by Crippen LogP contribution is 2.42. The molecule has 256 valence electrons. The summed E-state index contributed by atoms with van der Waals surface area (Å²) in [6.07, 6.45) is 0. The summed E-state index contributed by atoms with van der Waals surface area (Å²) in [6.45, 7) is 0. The number of aromatic nitrogens is 3. The van der Waals surface area contributed by atoms with Crippen LogP contribution in [-0.2, 0) is 0 Å². The summed E-state index contributed by atoms with van der Waals surface area (Å²) in [7, 11) is 0. The molecule has 0 bridgehead atoms. The fourth-order valence-corrected chi connectivity index (χ4v) is 8.36. The van der Waals surface area contributed by atoms with Crippen molar-refractivity contribution in [2.45, 2.75) is 0 Å². The zero-order valence-electron chi connectivity index (χ0n) is 29.9. The lowest BCUT2D eigenvalue weighted by molar-refractivity contribution is 1.17. The summed E-state index contributed by atoms with van der Waals surface area (Å²) in [5.74, 6) is 0. The topological polar surface area (TPSA) is 30.7 Å². The van der Waals surface area contributed by atoms with Gasteiger partial charge in [0.2, 0.25) is 0 Å². The fourth-order valence-electron chi connectivity index (χ4n) is 8.36. The summed E-state index contributed by atoms with van der Waals surface area (Å²) in [5, 5.41) is 7.44. The van der Waals surface area contributed by atoms with E-state index in [1.165, 1.54) is 49.0 Å². The number of nitrogens with zero attached hydrogens (tertiary/aromatic N) is 3. The van der Waals surface area contributed by atoms with Crippen molar-refractivity contribution < 1.29 is 0 Å². The largest absolute Gasteiger partial charge is 0.307 e. The van der Waals surface area contributed by atoms with Crippen LogP contribution in [0.4, 0.5) is 0 Å². The van der Waals surface area contributed by atoms with Crippen LogP contribution in [0.15, 0.2) is 200 Å². The Morgan fingerprint density at radius 3 is 1.27 bits per heavy atom. The van der Waals surface area contributed by atoms with Gasteiger partial charge in [0.05, 0.1) is 33.6 Å². The highest BCUT2D eigenvalue weighted by Gasteiger charge is 2.21. The first kappa shape index (κ1) is 31.2. The van der Waals surface area contributed by atoms with Crippen LogP contribution >= 0.6 is 0 Å². The predicted molar refractivity (Wildman–Crippen MR) is 231 cm³/mol. The SMILES string of the molecule is c1ccc(-c2ccc(-c3nc4cccc(-n5c6ccc7ccccc7c6c6c7ccccc7ccc65)c4nc3-c3ccc(-c4ccccc4)cc3)cc2)cc1. The van der Waals surface area contributed by atoms with E-state index in [0.29, 0.717) is 0 Å². The average molecular weight is 700 g/mol. The molecule has 0 aliphatic heterocycles. The van der Waals surface area contributed by atoms with E-state index in [-0.39, 0.29) is 0 Å². The van der Waals surface area contributed by atoms with Crippen molar-refractivity contribution in [2.24, 2.45) is 0 Å². The number of benzene rings is 9. The number of para-hydroxylation sites is 1. The molecule has 0 spiro atoms. The Hall–Kier alpha value is -7.36. The van der Waals surface area contributed by atoms with E-state index in [0.717, 1.165) is 55.8 Å². The van der Waals surface area contributed by atoms with E-state index in [1.807, 2.05) is 0 Å². The maximum atomic E-state index is 5.62. The van der Waals surface area contributed by atoms with E-state index in [2.05, 4.69) is 205 Å². The molecule has 2 heterocycles. The first-order chi connectivity index (χ1) is 27.3. The molecular formula is C52H33N3. The summed E-state index contributed by atoms with van der Waals surface area (Å²) in [4.78, 5) is 11.1. The van der Waals surface area contributed by atoms with Gasteiger partial charge < -0.3 is 4.57 Å². The monoisotopic (exact) mass is 699 g/mol. The van der Waals surface area contributed by atoms with Crippen LogP contribution in [0.1, 0.15) is 0 Å². The highest BCUT2D eigenvalue weighted by atomic mass is 15.0. The zero-order chi connectivity index (χ0) is 36.3. The lowest BCUT2D eigenvalue weighted by Gasteiger charge is -2.15. The van der Waals surface area contributed by atoms with Crippen molar-refractivity contribution in [1.82, 2.24) is 14.5 Å². The maximum Gasteiger partial charge on any atom is 0.113 e. The molecule has 11 aromatic rings. The van der Waals surface area contributed by atoms with Crippen LogP contribution in [0, 0.1) is 0 Å². The summed E-state index contributed by atoms with van der Waals surface area (Å²) >= 11 is 0. The molecule has 9 aromatic carbocycles. The van der Waals surface area contributed by atoms with E-state index in [9.17, 15) is 0 Å². The van der Waals surface area contributed by atoms with Crippen molar-refractivity contribution in [3.8, 4) is 50.5 Å². The van der Waals surface area contributed by atoms with Gasteiger partial charge in [0, 0.05) is 21.9 Å². The Labute approximate surface area is 318 Å². The minimum absolute atomic E-state index is 0.848. The molecule has 0 atom stereocenters. The van der Waals surface area contributed by atoms with E-state index in [4.69, 9.17) is 9.97 Å². The Bertz CT molecular complexity index is 3120.